The molecule has 3 aromatic rings. The Kier molecular flexibility index (Phi) is 8.73. The van der Waals surface area contributed by atoms with E-state index < -0.39 is 40.5 Å². The first kappa shape index (κ1) is 29.0. The first-order chi connectivity index (χ1) is 19.0. The van der Waals surface area contributed by atoms with Crippen molar-refractivity contribution in [3.8, 4) is 0 Å². The summed E-state index contributed by atoms with van der Waals surface area (Å²) >= 11 is 6.13. The van der Waals surface area contributed by atoms with Crippen LogP contribution in [0, 0.1) is 34.6 Å². The van der Waals surface area contributed by atoms with Crippen LogP contribution in [0.2, 0.25) is 5.02 Å². The summed E-state index contributed by atoms with van der Waals surface area (Å²) in [6.45, 7) is 2.29. The molecule has 1 saturated carbocycles. The molecule has 0 spiro atoms. The molecule has 0 saturated heterocycles. The van der Waals surface area contributed by atoms with Crippen LogP contribution in [0.25, 0.3) is 0 Å². The van der Waals surface area contributed by atoms with E-state index in [9.17, 15) is 33.3 Å². The van der Waals surface area contributed by atoms with E-state index in [1.807, 2.05) is 0 Å². The molecule has 0 radical (unpaired) electrons. The highest BCUT2D eigenvalue weighted by Gasteiger charge is 2.31. The van der Waals surface area contributed by atoms with E-state index >= 15 is 0 Å². The standard InChI is InChI=1S/C28H27ClF2N4O5/c1-16-23(13-32-34(16)22-8-6-19(7-9-22)17(2)36)28(38)33(14-18-10-20(30)12-21(31)11-18)15-26(37)27-24(29)4-3-5-25(27)35(39)40/h3-5,10-13,19,22H,6-9,14-15H2,1-2H3/t19-,22-. The molecule has 12 heteroatoms. The second kappa shape index (κ2) is 12.0. The predicted molar refractivity (Wildman–Crippen MR) is 142 cm³/mol. The number of carbonyl (C=O) groups excluding carboxylic acids is 3. The molecule has 40 heavy (non-hydrogen) atoms. The molecule has 1 heterocycles. The van der Waals surface area contributed by atoms with Crippen LogP contribution in [-0.4, -0.2) is 43.6 Å². The normalized spacial score (nSPS) is 16.9. The number of halogens is 3. The Morgan fingerprint density at radius 1 is 1.12 bits per heavy atom. The summed E-state index contributed by atoms with van der Waals surface area (Å²) < 4.78 is 29.6. The molecule has 9 nitrogen and oxygen atoms in total. The first-order valence-corrected chi connectivity index (χ1v) is 13.1. The molecule has 2 aromatic carbocycles. The zero-order valence-corrected chi connectivity index (χ0v) is 22.7. The van der Waals surface area contributed by atoms with Crippen molar-refractivity contribution in [2.24, 2.45) is 5.92 Å². The van der Waals surface area contributed by atoms with Gasteiger partial charge < -0.3 is 4.90 Å². The summed E-state index contributed by atoms with van der Waals surface area (Å²) in [7, 11) is 0. The minimum absolute atomic E-state index is 0.00950. The molecule has 1 aliphatic rings. The first-order valence-electron chi connectivity index (χ1n) is 12.7. The highest BCUT2D eigenvalue weighted by molar-refractivity contribution is 6.34. The number of carbonyl (C=O) groups is 3. The molecular formula is C28H27ClF2N4O5. The number of hydrogen-bond donors (Lipinski definition) is 0. The molecule has 1 amide bonds. The lowest BCUT2D eigenvalue weighted by Crippen LogP contribution is -2.36. The summed E-state index contributed by atoms with van der Waals surface area (Å²) in [6.07, 6.45) is 4.22. The van der Waals surface area contributed by atoms with Crippen molar-refractivity contribution in [3.63, 3.8) is 0 Å². The maximum absolute atomic E-state index is 13.9. The second-order valence-electron chi connectivity index (χ2n) is 9.96. The van der Waals surface area contributed by atoms with Gasteiger partial charge in [-0.15, -0.1) is 0 Å². The molecule has 1 fully saturated rings. The van der Waals surface area contributed by atoms with Crippen molar-refractivity contribution in [1.82, 2.24) is 14.7 Å². The van der Waals surface area contributed by atoms with Gasteiger partial charge in [0.2, 0.25) is 0 Å². The molecule has 0 N–H and O–H groups in total. The van der Waals surface area contributed by atoms with Crippen LogP contribution in [0.15, 0.2) is 42.6 Å². The molecule has 0 atom stereocenters. The van der Waals surface area contributed by atoms with E-state index in [-0.39, 0.29) is 46.0 Å². The van der Waals surface area contributed by atoms with Gasteiger partial charge in [0.05, 0.1) is 34.3 Å². The third kappa shape index (κ3) is 6.25. The Hall–Kier alpha value is -3.99. The van der Waals surface area contributed by atoms with E-state index in [1.54, 1.807) is 18.5 Å². The zero-order valence-electron chi connectivity index (χ0n) is 21.9. The van der Waals surface area contributed by atoms with Crippen LogP contribution in [0.3, 0.4) is 0 Å². The van der Waals surface area contributed by atoms with Gasteiger partial charge in [0, 0.05) is 30.3 Å². The molecule has 1 aliphatic carbocycles. The maximum Gasteiger partial charge on any atom is 0.281 e. The van der Waals surface area contributed by atoms with Crippen LogP contribution in [-0.2, 0) is 11.3 Å². The van der Waals surface area contributed by atoms with Crippen LogP contribution in [0.4, 0.5) is 14.5 Å². The van der Waals surface area contributed by atoms with Crippen molar-refractivity contribution in [2.45, 2.75) is 52.1 Å². The summed E-state index contributed by atoms with van der Waals surface area (Å²) in [6, 6.07) is 6.52. The van der Waals surface area contributed by atoms with Gasteiger partial charge in [-0.05, 0) is 63.3 Å². The van der Waals surface area contributed by atoms with Crippen molar-refractivity contribution in [2.75, 3.05) is 6.54 Å². The minimum Gasteiger partial charge on any atom is -0.326 e. The lowest BCUT2D eigenvalue weighted by atomic mass is 9.84. The van der Waals surface area contributed by atoms with Gasteiger partial charge in [-0.25, -0.2) is 8.78 Å². The van der Waals surface area contributed by atoms with Crippen molar-refractivity contribution >= 4 is 34.8 Å². The number of nitro benzene ring substituents is 1. The number of nitro groups is 1. The van der Waals surface area contributed by atoms with Crippen molar-refractivity contribution < 1.29 is 28.1 Å². The molecular weight excluding hydrogens is 546 g/mol. The summed E-state index contributed by atoms with van der Waals surface area (Å²) in [5.41, 5.74) is -0.103. The third-order valence-corrected chi connectivity index (χ3v) is 7.59. The Morgan fingerprint density at radius 2 is 1.77 bits per heavy atom. The fourth-order valence-electron chi connectivity index (χ4n) is 5.21. The molecule has 0 unspecified atom stereocenters. The van der Waals surface area contributed by atoms with Gasteiger partial charge in [0.1, 0.15) is 23.0 Å². The minimum atomic E-state index is -0.861. The van der Waals surface area contributed by atoms with Gasteiger partial charge in [0.15, 0.2) is 5.78 Å². The lowest BCUT2D eigenvalue weighted by molar-refractivity contribution is -0.385. The maximum atomic E-state index is 13.9. The van der Waals surface area contributed by atoms with E-state index in [2.05, 4.69) is 5.10 Å². The van der Waals surface area contributed by atoms with Gasteiger partial charge >= 0.3 is 0 Å². The smallest absolute Gasteiger partial charge is 0.281 e. The topological polar surface area (TPSA) is 115 Å². The summed E-state index contributed by atoms with van der Waals surface area (Å²) in [5, 5.41) is 15.8. The van der Waals surface area contributed by atoms with E-state index in [0.717, 1.165) is 23.1 Å². The fraction of sp³-hybridized carbons (Fsp3) is 0.357. The highest BCUT2D eigenvalue weighted by atomic mass is 35.5. The fourth-order valence-corrected chi connectivity index (χ4v) is 5.49. The number of rotatable bonds is 9. The monoisotopic (exact) mass is 572 g/mol. The number of aromatic nitrogens is 2. The SMILES string of the molecule is Cc1c(C(=O)N(CC(=O)c2c(Cl)cccc2[N+](=O)[O-])Cc2cc(F)cc(F)c2)cnn1[C@H]1CC[C@H](C(C)=O)CC1. The molecule has 4 rings (SSSR count). The summed E-state index contributed by atoms with van der Waals surface area (Å²) in [5.74, 6) is -3.01. The van der Waals surface area contributed by atoms with Gasteiger partial charge in [-0.2, -0.15) is 5.10 Å². The van der Waals surface area contributed by atoms with Gasteiger partial charge in [-0.3, -0.25) is 29.2 Å². The van der Waals surface area contributed by atoms with E-state index in [1.165, 1.54) is 18.3 Å². The number of hydrogen-bond acceptors (Lipinski definition) is 6. The predicted octanol–water partition coefficient (Wildman–Crippen LogP) is 5.88. The number of nitrogens with zero attached hydrogens (tertiary/aromatic N) is 4. The molecule has 210 valence electrons. The van der Waals surface area contributed by atoms with Gasteiger partial charge in [-0.1, -0.05) is 17.7 Å². The Labute approximate surface area is 233 Å². The van der Waals surface area contributed by atoms with E-state index in [4.69, 9.17) is 11.6 Å². The largest absolute Gasteiger partial charge is 0.326 e. The summed E-state index contributed by atoms with van der Waals surface area (Å²) in [4.78, 5) is 50.7. The number of Topliss-reactive ketones (excluding diaryl/α,β-unsaturated/α-hetero) is 2. The number of ketones is 2. The average Bonchev–Trinajstić information content (AvgIpc) is 3.28. The highest BCUT2D eigenvalue weighted by Crippen LogP contribution is 2.34. The molecule has 0 aliphatic heterocycles. The quantitative estimate of drug-likeness (QED) is 0.180. The third-order valence-electron chi connectivity index (χ3n) is 7.28. The zero-order chi connectivity index (χ0) is 29.1. The molecule has 1 aromatic heterocycles. The van der Waals surface area contributed by atoms with E-state index in [0.29, 0.717) is 37.4 Å². The van der Waals surface area contributed by atoms with Gasteiger partial charge in [0.25, 0.3) is 11.6 Å². The lowest BCUT2D eigenvalue weighted by Gasteiger charge is -2.28. The number of benzene rings is 2. The van der Waals surface area contributed by atoms with Crippen molar-refractivity contribution in [3.05, 3.63) is 91.8 Å². The second-order valence-corrected chi connectivity index (χ2v) is 10.4. The van der Waals surface area contributed by atoms with Crippen LogP contribution >= 0.6 is 11.6 Å². The Bertz CT molecular complexity index is 1460. The van der Waals surface area contributed by atoms with Crippen molar-refractivity contribution in [1.29, 1.82) is 0 Å². The van der Waals surface area contributed by atoms with Crippen LogP contribution < -0.4 is 0 Å². The van der Waals surface area contributed by atoms with Crippen LogP contribution in [0.1, 0.15) is 70.6 Å². The molecule has 0 bridgehead atoms. The number of amides is 1. The average molecular weight is 573 g/mol. The Balaban J connectivity index is 1.65. The van der Waals surface area contributed by atoms with Crippen LogP contribution in [0.5, 0.6) is 0 Å². The Morgan fingerprint density at radius 3 is 2.38 bits per heavy atom.